The third kappa shape index (κ3) is 4.31. The topological polar surface area (TPSA) is 75.7 Å². The predicted octanol–water partition coefficient (Wildman–Crippen LogP) is 3.56. The molecule has 0 saturated carbocycles. The lowest BCUT2D eigenvalue weighted by Gasteiger charge is -2.20. The summed E-state index contributed by atoms with van der Waals surface area (Å²) in [5, 5.41) is 2.78. The first-order valence-corrected chi connectivity index (χ1v) is 11.7. The molecule has 4 rings (SSSR count). The van der Waals surface area contributed by atoms with E-state index in [2.05, 4.69) is 5.32 Å². The van der Waals surface area contributed by atoms with E-state index >= 15 is 0 Å². The number of methoxy groups -OCH3 is 1. The minimum absolute atomic E-state index is 0.0266. The van der Waals surface area contributed by atoms with Gasteiger partial charge in [-0.25, -0.2) is 12.8 Å². The number of halogens is 1. The Bertz CT molecular complexity index is 1240. The number of hydrogen-bond acceptors (Lipinski definition) is 4. The van der Waals surface area contributed by atoms with Crippen LogP contribution in [-0.2, 0) is 22.9 Å². The van der Waals surface area contributed by atoms with Crippen LogP contribution in [0.5, 0.6) is 5.75 Å². The van der Waals surface area contributed by atoms with Crippen LogP contribution in [0.1, 0.15) is 21.5 Å². The van der Waals surface area contributed by atoms with Gasteiger partial charge in [-0.3, -0.25) is 9.10 Å². The third-order valence-corrected chi connectivity index (χ3v) is 7.27. The Hall–Kier alpha value is -3.39. The zero-order valence-electron chi connectivity index (χ0n) is 17.5. The Kier molecular flexibility index (Phi) is 6.14. The zero-order valence-corrected chi connectivity index (χ0v) is 18.4. The molecule has 8 heteroatoms. The van der Waals surface area contributed by atoms with E-state index in [4.69, 9.17) is 4.74 Å². The number of carbonyl (C=O) groups excluding carboxylic acids is 1. The lowest BCUT2D eigenvalue weighted by atomic mass is 10.1. The van der Waals surface area contributed by atoms with Gasteiger partial charge in [0.2, 0.25) is 0 Å². The van der Waals surface area contributed by atoms with Crippen molar-refractivity contribution in [3.8, 4) is 5.75 Å². The average molecular weight is 455 g/mol. The van der Waals surface area contributed by atoms with E-state index in [0.717, 1.165) is 11.1 Å². The molecule has 166 valence electrons. The van der Waals surface area contributed by atoms with Crippen LogP contribution < -0.4 is 14.4 Å². The Balaban J connectivity index is 1.54. The van der Waals surface area contributed by atoms with Gasteiger partial charge >= 0.3 is 0 Å². The van der Waals surface area contributed by atoms with E-state index in [-0.39, 0.29) is 22.0 Å². The number of sulfonamides is 1. The van der Waals surface area contributed by atoms with Crippen LogP contribution in [0.4, 0.5) is 10.1 Å². The molecule has 0 fully saturated rings. The van der Waals surface area contributed by atoms with Gasteiger partial charge in [0.05, 0.1) is 23.3 Å². The Morgan fingerprint density at radius 2 is 1.84 bits per heavy atom. The molecule has 1 N–H and O–H groups in total. The van der Waals surface area contributed by atoms with Gasteiger partial charge in [0, 0.05) is 13.1 Å². The molecular weight excluding hydrogens is 431 g/mol. The summed E-state index contributed by atoms with van der Waals surface area (Å²) < 4.78 is 46.3. The van der Waals surface area contributed by atoms with Crippen molar-refractivity contribution in [1.29, 1.82) is 0 Å². The highest BCUT2D eigenvalue weighted by atomic mass is 32.2. The molecular formula is C24H23FN2O4S. The molecule has 3 aromatic rings. The zero-order chi connectivity index (χ0) is 22.7. The summed E-state index contributed by atoms with van der Waals surface area (Å²) in [4.78, 5) is 12.8. The number of nitrogens with one attached hydrogen (secondary N) is 1. The summed E-state index contributed by atoms with van der Waals surface area (Å²) in [6.45, 7) is 0.664. The summed E-state index contributed by atoms with van der Waals surface area (Å²) in [6, 6.07) is 17.7. The van der Waals surface area contributed by atoms with Crippen LogP contribution in [0.15, 0.2) is 71.6 Å². The SMILES string of the molecule is COc1ccc(S(=O)(=O)N2CCc3ccccc32)cc1C(=O)NCCc1ccc(F)cc1. The van der Waals surface area contributed by atoms with Crippen molar-refractivity contribution in [2.45, 2.75) is 17.7 Å². The maximum atomic E-state index is 13.3. The van der Waals surface area contributed by atoms with Gasteiger partial charge in [0.1, 0.15) is 11.6 Å². The van der Waals surface area contributed by atoms with Gasteiger partial charge < -0.3 is 10.1 Å². The number of hydrogen-bond donors (Lipinski definition) is 1. The van der Waals surface area contributed by atoms with E-state index in [9.17, 15) is 17.6 Å². The summed E-state index contributed by atoms with van der Waals surface area (Å²) in [7, 11) is -2.41. The largest absolute Gasteiger partial charge is 0.496 e. The summed E-state index contributed by atoms with van der Waals surface area (Å²) in [5.41, 5.74) is 2.65. The number of ether oxygens (including phenoxy) is 1. The molecule has 1 aliphatic heterocycles. The number of anilines is 1. The Labute approximate surface area is 186 Å². The highest BCUT2D eigenvalue weighted by molar-refractivity contribution is 7.92. The summed E-state index contributed by atoms with van der Waals surface area (Å²) in [6.07, 6.45) is 1.15. The molecule has 0 saturated heterocycles. The molecule has 1 heterocycles. The lowest BCUT2D eigenvalue weighted by molar-refractivity contribution is 0.0951. The molecule has 3 aromatic carbocycles. The fourth-order valence-electron chi connectivity index (χ4n) is 3.78. The van der Waals surface area contributed by atoms with Crippen LogP contribution in [0.2, 0.25) is 0 Å². The molecule has 0 aliphatic carbocycles. The smallest absolute Gasteiger partial charge is 0.264 e. The van der Waals surface area contributed by atoms with Crippen molar-refractivity contribution in [3.05, 3.63) is 89.2 Å². The van der Waals surface area contributed by atoms with Gasteiger partial charge in [0.15, 0.2) is 0 Å². The van der Waals surface area contributed by atoms with Crippen LogP contribution in [0.25, 0.3) is 0 Å². The van der Waals surface area contributed by atoms with Gasteiger partial charge in [-0.1, -0.05) is 30.3 Å². The number of amides is 1. The van der Waals surface area contributed by atoms with E-state index < -0.39 is 15.9 Å². The van der Waals surface area contributed by atoms with Crippen molar-refractivity contribution in [3.63, 3.8) is 0 Å². The number of fused-ring (bicyclic) bond motifs is 1. The number of para-hydroxylation sites is 1. The maximum absolute atomic E-state index is 13.3. The van der Waals surface area contributed by atoms with Crippen molar-refractivity contribution in [2.75, 3.05) is 24.5 Å². The second-order valence-electron chi connectivity index (χ2n) is 7.45. The van der Waals surface area contributed by atoms with Gasteiger partial charge in [-0.2, -0.15) is 0 Å². The second kappa shape index (κ2) is 9.00. The first kappa shape index (κ1) is 21.8. The first-order chi connectivity index (χ1) is 15.4. The molecule has 0 aromatic heterocycles. The fraction of sp³-hybridized carbons (Fsp3) is 0.208. The van der Waals surface area contributed by atoms with Crippen molar-refractivity contribution in [1.82, 2.24) is 5.32 Å². The fourth-order valence-corrected chi connectivity index (χ4v) is 5.31. The number of benzene rings is 3. The molecule has 1 aliphatic rings. The van der Waals surface area contributed by atoms with Crippen LogP contribution in [-0.4, -0.2) is 34.5 Å². The number of rotatable bonds is 7. The average Bonchev–Trinajstić information content (AvgIpc) is 3.25. The Morgan fingerprint density at radius 3 is 2.59 bits per heavy atom. The molecule has 0 unspecified atom stereocenters. The van der Waals surface area contributed by atoms with E-state index in [1.54, 1.807) is 24.3 Å². The maximum Gasteiger partial charge on any atom is 0.264 e. The minimum Gasteiger partial charge on any atom is -0.496 e. The molecule has 1 amide bonds. The van der Waals surface area contributed by atoms with Crippen molar-refractivity contribution in [2.24, 2.45) is 0 Å². The Morgan fingerprint density at radius 1 is 1.09 bits per heavy atom. The van der Waals surface area contributed by atoms with Gasteiger partial charge in [-0.15, -0.1) is 0 Å². The van der Waals surface area contributed by atoms with E-state index in [1.807, 2.05) is 12.1 Å². The standard InChI is InChI=1S/C24H23FN2O4S/c1-31-23-11-10-20(32(29,30)27-15-13-18-4-2-3-5-22(18)27)16-21(23)24(28)26-14-12-17-6-8-19(25)9-7-17/h2-11,16H,12-15H2,1H3,(H,26,28). The summed E-state index contributed by atoms with van der Waals surface area (Å²) in [5.74, 6) is -0.478. The first-order valence-electron chi connectivity index (χ1n) is 10.2. The monoisotopic (exact) mass is 454 g/mol. The van der Waals surface area contributed by atoms with Gasteiger partial charge in [0.25, 0.3) is 15.9 Å². The van der Waals surface area contributed by atoms with Crippen LogP contribution >= 0.6 is 0 Å². The molecule has 32 heavy (non-hydrogen) atoms. The quantitative estimate of drug-likeness (QED) is 0.592. The molecule has 0 atom stereocenters. The predicted molar refractivity (Wildman–Crippen MR) is 120 cm³/mol. The van der Waals surface area contributed by atoms with Crippen molar-refractivity contribution >= 4 is 21.6 Å². The number of carbonyl (C=O) groups is 1. The normalized spacial score (nSPS) is 13.0. The van der Waals surface area contributed by atoms with Crippen LogP contribution in [0.3, 0.4) is 0 Å². The summed E-state index contributed by atoms with van der Waals surface area (Å²) >= 11 is 0. The number of nitrogens with zero attached hydrogens (tertiary/aromatic N) is 1. The van der Waals surface area contributed by atoms with Crippen LogP contribution in [0, 0.1) is 5.82 Å². The van der Waals surface area contributed by atoms with E-state index in [1.165, 1.54) is 41.7 Å². The second-order valence-corrected chi connectivity index (χ2v) is 9.31. The highest BCUT2D eigenvalue weighted by Crippen LogP contribution is 2.33. The van der Waals surface area contributed by atoms with Gasteiger partial charge in [-0.05, 0) is 60.4 Å². The molecule has 0 bridgehead atoms. The third-order valence-electron chi connectivity index (χ3n) is 5.46. The highest BCUT2D eigenvalue weighted by Gasteiger charge is 2.31. The lowest BCUT2D eigenvalue weighted by Crippen LogP contribution is -2.30. The minimum atomic E-state index is -3.84. The molecule has 0 spiro atoms. The molecule has 0 radical (unpaired) electrons. The van der Waals surface area contributed by atoms with Crippen molar-refractivity contribution < 1.29 is 22.3 Å². The molecule has 6 nitrogen and oxygen atoms in total. The van der Waals surface area contributed by atoms with E-state index in [0.29, 0.717) is 31.6 Å².